The van der Waals surface area contributed by atoms with E-state index in [2.05, 4.69) is 8.92 Å². The predicted molar refractivity (Wildman–Crippen MR) is 62.0 cm³/mol. The molecule has 1 aromatic rings. The topological polar surface area (TPSA) is 130 Å². The molecule has 19 heavy (non-hydrogen) atoms. The average Bonchev–Trinajstić information content (AvgIpc) is 2.30. The van der Waals surface area contributed by atoms with E-state index < -0.39 is 34.0 Å². The van der Waals surface area contributed by atoms with E-state index in [9.17, 15) is 23.4 Å². The number of ether oxygens (including phenoxy) is 1. The summed E-state index contributed by atoms with van der Waals surface area (Å²) in [4.78, 5) is 11.0. The molecule has 0 amide bonds. The Labute approximate surface area is 109 Å². The first-order valence-electron chi connectivity index (χ1n) is 4.97. The first-order chi connectivity index (χ1) is 8.73. The van der Waals surface area contributed by atoms with E-state index in [0.29, 0.717) is 5.56 Å². The smallest absolute Gasteiger partial charge is 0.446 e. The minimum atomic E-state index is -4.78. The number of methoxy groups -OCH3 is 1. The minimum absolute atomic E-state index is 0.172. The maximum absolute atomic E-state index is 11.0. The second-order valence-electron chi connectivity index (χ2n) is 3.56. The summed E-state index contributed by atoms with van der Waals surface area (Å²) in [7, 11) is -3.67. The fourth-order valence-electron chi connectivity index (χ4n) is 1.31. The number of carbonyl (C=O) groups excluding carboxylic acids is 1. The number of carbonyl (C=O) groups is 1. The molecular formula is C10H12O8S. The van der Waals surface area contributed by atoms with Crippen LogP contribution in [0.25, 0.3) is 0 Å². The average molecular weight is 292 g/mol. The predicted octanol–water partition coefficient (Wildman–Crippen LogP) is -0.350. The fraction of sp³-hybridized carbons (Fsp3) is 0.300. The summed E-state index contributed by atoms with van der Waals surface area (Å²) in [6, 6.07) is 3.51. The first-order valence-corrected chi connectivity index (χ1v) is 6.34. The molecule has 0 saturated heterocycles. The molecule has 1 unspecified atom stereocenters. The number of phenols is 1. The van der Waals surface area contributed by atoms with Crippen LogP contribution in [0.3, 0.4) is 0 Å². The van der Waals surface area contributed by atoms with Gasteiger partial charge in [-0.2, -0.15) is 8.42 Å². The monoisotopic (exact) mass is 292 g/mol. The maximum atomic E-state index is 11.0. The summed E-state index contributed by atoms with van der Waals surface area (Å²) in [5.74, 6) is -1.89. The van der Waals surface area contributed by atoms with E-state index in [1.807, 2.05) is 0 Å². The Hall–Kier alpha value is -1.84. The van der Waals surface area contributed by atoms with Crippen LogP contribution in [0.5, 0.6) is 11.5 Å². The number of aliphatic hydroxyl groups is 1. The van der Waals surface area contributed by atoms with E-state index >= 15 is 0 Å². The molecule has 0 aliphatic heterocycles. The molecule has 8 nitrogen and oxygen atoms in total. The highest BCUT2D eigenvalue weighted by Gasteiger charge is 2.18. The largest absolute Gasteiger partial charge is 0.504 e. The minimum Gasteiger partial charge on any atom is -0.504 e. The van der Waals surface area contributed by atoms with Gasteiger partial charge in [-0.15, -0.1) is 0 Å². The highest BCUT2D eigenvalue weighted by Crippen LogP contribution is 2.28. The maximum Gasteiger partial charge on any atom is 0.446 e. The molecule has 9 heteroatoms. The number of aromatic hydroxyl groups is 1. The van der Waals surface area contributed by atoms with Gasteiger partial charge in [-0.05, 0) is 17.7 Å². The van der Waals surface area contributed by atoms with Crippen LogP contribution in [0.15, 0.2) is 18.2 Å². The van der Waals surface area contributed by atoms with Crippen molar-refractivity contribution in [1.82, 2.24) is 0 Å². The van der Waals surface area contributed by atoms with Gasteiger partial charge in [0.15, 0.2) is 17.6 Å². The Bertz CT molecular complexity index is 565. The molecule has 0 aromatic heterocycles. The van der Waals surface area contributed by atoms with Crippen LogP contribution >= 0.6 is 0 Å². The molecule has 0 spiro atoms. The van der Waals surface area contributed by atoms with E-state index in [1.54, 1.807) is 0 Å². The zero-order chi connectivity index (χ0) is 14.6. The van der Waals surface area contributed by atoms with Crippen molar-refractivity contribution in [3.8, 4) is 11.5 Å². The molecule has 0 aliphatic rings. The molecule has 3 N–H and O–H groups in total. The van der Waals surface area contributed by atoms with Crippen molar-refractivity contribution in [1.29, 1.82) is 0 Å². The third kappa shape index (κ3) is 4.73. The van der Waals surface area contributed by atoms with Crippen molar-refractivity contribution in [3.05, 3.63) is 23.8 Å². The number of aliphatic hydroxyl groups excluding tert-OH is 1. The second kappa shape index (κ2) is 5.87. The fourth-order valence-corrected chi connectivity index (χ4v) is 1.67. The number of rotatable bonds is 5. The standard InChI is InChI=1S/C10H12O8S/c1-17-10(13)8(12)4-6-2-3-7(11)9(5-6)18-19(14,15)16/h2-3,5,8,11-12H,4H2,1H3,(H,14,15,16). The van der Waals surface area contributed by atoms with Gasteiger partial charge in [0.1, 0.15) is 0 Å². The Morgan fingerprint density at radius 1 is 1.42 bits per heavy atom. The van der Waals surface area contributed by atoms with Gasteiger partial charge in [-0.3, -0.25) is 4.55 Å². The van der Waals surface area contributed by atoms with E-state index in [4.69, 9.17) is 4.55 Å². The molecule has 0 heterocycles. The van der Waals surface area contributed by atoms with Crippen molar-refractivity contribution in [2.45, 2.75) is 12.5 Å². The molecule has 0 radical (unpaired) electrons. The van der Waals surface area contributed by atoms with Crippen LogP contribution in [-0.2, 0) is 26.4 Å². The van der Waals surface area contributed by atoms with E-state index in [1.165, 1.54) is 6.07 Å². The van der Waals surface area contributed by atoms with Crippen LogP contribution in [-0.4, -0.2) is 42.4 Å². The molecular weight excluding hydrogens is 280 g/mol. The lowest BCUT2D eigenvalue weighted by atomic mass is 10.1. The Kier molecular flexibility index (Phi) is 4.70. The third-order valence-corrected chi connectivity index (χ3v) is 2.51. The van der Waals surface area contributed by atoms with Crippen molar-refractivity contribution >= 4 is 16.4 Å². The molecule has 106 valence electrons. The lowest BCUT2D eigenvalue weighted by molar-refractivity contribution is -0.150. The zero-order valence-corrected chi connectivity index (χ0v) is 10.6. The van der Waals surface area contributed by atoms with Crippen LogP contribution < -0.4 is 4.18 Å². The van der Waals surface area contributed by atoms with Crippen LogP contribution in [0.1, 0.15) is 5.56 Å². The molecule has 1 rings (SSSR count). The van der Waals surface area contributed by atoms with Gasteiger partial charge in [0.05, 0.1) is 7.11 Å². The highest BCUT2D eigenvalue weighted by molar-refractivity contribution is 7.81. The lowest BCUT2D eigenvalue weighted by Crippen LogP contribution is -2.24. The summed E-state index contributed by atoms with van der Waals surface area (Å²) < 4.78 is 38.0. The van der Waals surface area contributed by atoms with Gasteiger partial charge in [-0.1, -0.05) is 6.07 Å². The Morgan fingerprint density at radius 3 is 2.58 bits per heavy atom. The summed E-state index contributed by atoms with van der Waals surface area (Å²) in [6.07, 6.45) is -1.61. The molecule has 0 fully saturated rings. The SMILES string of the molecule is COC(=O)C(O)Cc1ccc(O)c(OS(=O)(=O)O)c1. The van der Waals surface area contributed by atoms with Crippen molar-refractivity contribution < 1.29 is 36.9 Å². The van der Waals surface area contributed by atoms with Gasteiger partial charge in [0.25, 0.3) is 0 Å². The summed E-state index contributed by atoms with van der Waals surface area (Å²) in [6.45, 7) is 0. The van der Waals surface area contributed by atoms with Gasteiger partial charge < -0.3 is 19.1 Å². The highest BCUT2D eigenvalue weighted by atomic mass is 32.3. The first kappa shape index (κ1) is 15.2. The number of benzene rings is 1. The van der Waals surface area contributed by atoms with Crippen molar-refractivity contribution in [3.63, 3.8) is 0 Å². The van der Waals surface area contributed by atoms with Crippen molar-refractivity contribution in [2.75, 3.05) is 7.11 Å². The molecule has 0 saturated carbocycles. The van der Waals surface area contributed by atoms with Crippen LogP contribution in [0, 0.1) is 0 Å². The second-order valence-corrected chi connectivity index (χ2v) is 4.58. The molecule has 0 bridgehead atoms. The number of phenolic OH excluding ortho intramolecular Hbond substituents is 1. The Balaban J connectivity index is 2.93. The third-order valence-electron chi connectivity index (χ3n) is 2.12. The van der Waals surface area contributed by atoms with Gasteiger partial charge in [0, 0.05) is 6.42 Å². The van der Waals surface area contributed by atoms with Gasteiger partial charge in [-0.25, -0.2) is 4.79 Å². The molecule has 1 atom stereocenters. The zero-order valence-electron chi connectivity index (χ0n) is 9.81. The van der Waals surface area contributed by atoms with Gasteiger partial charge in [0.2, 0.25) is 0 Å². The summed E-state index contributed by atoms with van der Waals surface area (Å²) >= 11 is 0. The molecule has 1 aromatic carbocycles. The normalized spacial score (nSPS) is 12.8. The number of hydrogen-bond acceptors (Lipinski definition) is 7. The lowest BCUT2D eigenvalue weighted by Gasteiger charge is -2.10. The Morgan fingerprint density at radius 2 is 2.05 bits per heavy atom. The molecule has 0 aliphatic carbocycles. The van der Waals surface area contributed by atoms with E-state index in [0.717, 1.165) is 19.2 Å². The number of hydrogen-bond donors (Lipinski definition) is 3. The van der Waals surface area contributed by atoms with Crippen LogP contribution in [0.2, 0.25) is 0 Å². The van der Waals surface area contributed by atoms with E-state index in [-0.39, 0.29) is 6.42 Å². The summed E-state index contributed by atoms with van der Waals surface area (Å²) in [5.41, 5.74) is 0.300. The summed E-state index contributed by atoms with van der Waals surface area (Å²) in [5, 5.41) is 18.8. The van der Waals surface area contributed by atoms with Gasteiger partial charge >= 0.3 is 16.4 Å². The van der Waals surface area contributed by atoms with Crippen molar-refractivity contribution in [2.24, 2.45) is 0 Å². The van der Waals surface area contributed by atoms with Crippen LogP contribution in [0.4, 0.5) is 0 Å². The quantitative estimate of drug-likeness (QED) is 0.496. The number of esters is 1.